The molecule has 0 saturated carbocycles. The van der Waals surface area contributed by atoms with E-state index >= 15 is 0 Å². The van der Waals surface area contributed by atoms with Crippen LogP contribution in [0.2, 0.25) is 5.02 Å². The lowest BCUT2D eigenvalue weighted by Gasteiger charge is -2.10. The van der Waals surface area contributed by atoms with E-state index in [0.717, 1.165) is 24.0 Å². The molecule has 1 heterocycles. The minimum atomic E-state index is -0.373. The predicted molar refractivity (Wildman–Crippen MR) is 105 cm³/mol. The van der Waals surface area contributed by atoms with Crippen LogP contribution in [-0.4, -0.2) is 6.61 Å². The van der Waals surface area contributed by atoms with Crippen molar-refractivity contribution in [2.75, 3.05) is 6.61 Å². The number of epoxide rings is 1. The molecule has 1 atom stereocenters. The fourth-order valence-corrected chi connectivity index (χ4v) is 3.54. The van der Waals surface area contributed by atoms with E-state index in [1.165, 1.54) is 11.1 Å². The maximum atomic E-state index is 14.5. The Labute approximate surface area is 158 Å². The second-order valence-electron chi connectivity index (χ2n) is 6.68. The highest BCUT2D eigenvalue weighted by Crippen LogP contribution is 2.39. The van der Waals surface area contributed by atoms with Gasteiger partial charge in [-0.15, -0.1) is 0 Å². The van der Waals surface area contributed by atoms with Gasteiger partial charge >= 0.3 is 0 Å². The monoisotopic (exact) mass is 366 g/mol. The Morgan fingerprint density at radius 2 is 1.50 bits per heavy atom. The van der Waals surface area contributed by atoms with Crippen LogP contribution in [0.3, 0.4) is 0 Å². The minimum absolute atomic E-state index is 0.139. The van der Waals surface area contributed by atoms with E-state index in [9.17, 15) is 4.39 Å². The number of rotatable bonds is 5. The molecule has 4 rings (SSSR count). The highest BCUT2D eigenvalue weighted by atomic mass is 35.5. The van der Waals surface area contributed by atoms with E-state index in [4.69, 9.17) is 16.3 Å². The second-order valence-corrected chi connectivity index (χ2v) is 7.05. The van der Waals surface area contributed by atoms with Gasteiger partial charge in [0.15, 0.2) is 0 Å². The fraction of sp³-hybridized carbons (Fsp3) is 0.217. The van der Waals surface area contributed by atoms with Crippen LogP contribution in [0.5, 0.6) is 0 Å². The van der Waals surface area contributed by atoms with E-state index in [1.807, 2.05) is 18.2 Å². The molecule has 1 aliphatic heterocycles. The quantitative estimate of drug-likeness (QED) is 0.450. The van der Waals surface area contributed by atoms with Crippen LogP contribution >= 0.6 is 11.6 Å². The summed E-state index contributed by atoms with van der Waals surface area (Å²) in [4.78, 5) is 0. The van der Waals surface area contributed by atoms with Gasteiger partial charge in [0.2, 0.25) is 0 Å². The molecule has 0 aliphatic carbocycles. The molecule has 3 aromatic carbocycles. The molecule has 0 bridgehead atoms. The number of hydrogen-bond donors (Lipinski definition) is 0. The number of aryl methyl sites for hydroxylation is 1. The average Bonchev–Trinajstić information content (AvgIpc) is 3.50. The van der Waals surface area contributed by atoms with Crippen molar-refractivity contribution < 1.29 is 9.13 Å². The van der Waals surface area contributed by atoms with Crippen LogP contribution in [0.4, 0.5) is 4.39 Å². The smallest absolute Gasteiger partial charge is 0.148 e. The summed E-state index contributed by atoms with van der Waals surface area (Å²) in [6, 6.07) is 20.4. The summed E-state index contributed by atoms with van der Waals surface area (Å²) in [6.07, 6.45) is 2.11. The van der Waals surface area contributed by atoms with E-state index < -0.39 is 0 Å². The van der Waals surface area contributed by atoms with Crippen LogP contribution < -0.4 is 0 Å². The topological polar surface area (TPSA) is 12.5 Å². The Hall–Kier alpha value is -2.16. The summed E-state index contributed by atoms with van der Waals surface area (Å²) < 4.78 is 19.6. The van der Waals surface area contributed by atoms with Crippen LogP contribution in [0, 0.1) is 5.82 Å². The van der Waals surface area contributed by atoms with Crippen molar-refractivity contribution in [3.05, 3.63) is 82.6 Å². The van der Waals surface area contributed by atoms with Crippen LogP contribution in [-0.2, 0) is 11.2 Å². The fourth-order valence-electron chi connectivity index (χ4n) is 3.26. The normalized spacial score (nSPS) is 15.9. The van der Waals surface area contributed by atoms with Crippen LogP contribution in [0.1, 0.15) is 30.6 Å². The van der Waals surface area contributed by atoms with E-state index in [0.29, 0.717) is 17.7 Å². The minimum Gasteiger partial charge on any atom is -0.368 e. The van der Waals surface area contributed by atoms with Crippen molar-refractivity contribution in [1.82, 2.24) is 0 Å². The molecule has 0 spiro atoms. The van der Waals surface area contributed by atoms with Crippen molar-refractivity contribution in [1.29, 1.82) is 0 Å². The lowest BCUT2D eigenvalue weighted by molar-refractivity contribution is 0.408. The lowest BCUT2D eigenvalue weighted by Crippen LogP contribution is -1.92. The van der Waals surface area contributed by atoms with Gasteiger partial charge in [0.05, 0.1) is 11.6 Å². The predicted octanol–water partition coefficient (Wildman–Crippen LogP) is 6.84. The Morgan fingerprint density at radius 3 is 2.08 bits per heavy atom. The zero-order chi connectivity index (χ0) is 18.1. The number of halogens is 2. The number of ether oxygens (including phenoxy) is 1. The Balaban J connectivity index is 1.60. The van der Waals surface area contributed by atoms with Gasteiger partial charge in [0.25, 0.3) is 0 Å². The third-order valence-corrected chi connectivity index (χ3v) is 5.18. The summed E-state index contributed by atoms with van der Waals surface area (Å²) in [5, 5.41) is 0.162. The van der Waals surface area contributed by atoms with Gasteiger partial charge in [-0.05, 0) is 28.7 Å². The van der Waals surface area contributed by atoms with Crippen molar-refractivity contribution >= 4 is 11.6 Å². The summed E-state index contributed by atoms with van der Waals surface area (Å²) >= 11 is 6.28. The third-order valence-electron chi connectivity index (χ3n) is 4.81. The van der Waals surface area contributed by atoms with Crippen LogP contribution in [0.15, 0.2) is 60.7 Å². The van der Waals surface area contributed by atoms with Gasteiger partial charge in [0.1, 0.15) is 11.9 Å². The average molecular weight is 367 g/mol. The van der Waals surface area contributed by atoms with Crippen molar-refractivity contribution in [3.8, 4) is 22.3 Å². The van der Waals surface area contributed by atoms with Crippen molar-refractivity contribution in [3.63, 3.8) is 0 Å². The van der Waals surface area contributed by atoms with Gasteiger partial charge in [-0.1, -0.05) is 85.6 Å². The highest BCUT2D eigenvalue weighted by Gasteiger charge is 2.29. The van der Waals surface area contributed by atoms with Gasteiger partial charge in [-0.3, -0.25) is 0 Å². The molecule has 1 fully saturated rings. The Bertz CT molecular complexity index is 912. The van der Waals surface area contributed by atoms with Crippen LogP contribution in [0.25, 0.3) is 22.3 Å². The summed E-state index contributed by atoms with van der Waals surface area (Å²) in [5.74, 6) is -0.373. The van der Waals surface area contributed by atoms with E-state index in [2.05, 4.69) is 43.3 Å². The number of benzene rings is 3. The molecule has 1 saturated heterocycles. The first-order valence-electron chi connectivity index (χ1n) is 8.96. The molecule has 0 amide bonds. The third kappa shape index (κ3) is 3.40. The molecular formula is C23H20ClFO. The highest BCUT2D eigenvalue weighted by molar-refractivity contribution is 6.33. The molecule has 3 aromatic rings. The molecule has 26 heavy (non-hydrogen) atoms. The molecule has 0 aromatic heterocycles. The molecule has 0 radical (unpaired) electrons. The molecule has 132 valence electrons. The van der Waals surface area contributed by atoms with Gasteiger partial charge in [-0.2, -0.15) is 0 Å². The van der Waals surface area contributed by atoms with Gasteiger partial charge < -0.3 is 4.74 Å². The van der Waals surface area contributed by atoms with Gasteiger partial charge in [0, 0.05) is 11.1 Å². The zero-order valence-electron chi connectivity index (χ0n) is 14.6. The SMILES string of the molecule is CCCc1ccc(-c2ccc(-c3ccc(C4CO4)c(F)c3Cl)cc2)cc1. The molecule has 1 aliphatic rings. The Kier molecular flexibility index (Phi) is 4.80. The standard InChI is InChI=1S/C23H20ClFO/c1-2-3-15-4-6-16(7-5-15)17-8-10-18(11-9-17)19-12-13-20(21-14-26-21)23(25)22(19)24/h4-13,21H,2-3,14H2,1H3. The molecule has 1 unspecified atom stereocenters. The first-order valence-corrected chi connectivity index (χ1v) is 9.34. The van der Waals surface area contributed by atoms with E-state index in [-0.39, 0.29) is 16.9 Å². The van der Waals surface area contributed by atoms with E-state index in [1.54, 1.807) is 6.07 Å². The molecular weight excluding hydrogens is 347 g/mol. The summed E-state index contributed by atoms with van der Waals surface area (Å²) in [7, 11) is 0. The molecule has 1 nitrogen and oxygen atoms in total. The first-order chi connectivity index (χ1) is 12.7. The largest absolute Gasteiger partial charge is 0.368 e. The lowest BCUT2D eigenvalue weighted by atomic mass is 9.98. The zero-order valence-corrected chi connectivity index (χ0v) is 15.4. The Morgan fingerprint density at radius 1 is 0.923 bits per heavy atom. The maximum Gasteiger partial charge on any atom is 0.148 e. The van der Waals surface area contributed by atoms with Gasteiger partial charge in [-0.25, -0.2) is 4.39 Å². The number of hydrogen-bond acceptors (Lipinski definition) is 1. The summed E-state index contributed by atoms with van der Waals surface area (Å²) in [5.41, 5.74) is 5.82. The first kappa shape index (κ1) is 17.3. The molecule has 3 heteroatoms. The van der Waals surface area contributed by atoms with Crippen molar-refractivity contribution in [2.45, 2.75) is 25.9 Å². The second kappa shape index (κ2) is 7.22. The maximum absolute atomic E-state index is 14.5. The van der Waals surface area contributed by atoms with Crippen molar-refractivity contribution in [2.24, 2.45) is 0 Å². The molecule has 0 N–H and O–H groups in total. The summed E-state index contributed by atoms with van der Waals surface area (Å²) in [6.45, 7) is 2.75.